The number of carbonyl (C=O) groups is 3. The van der Waals surface area contributed by atoms with Gasteiger partial charge in [0, 0.05) is 32.6 Å². The molecule has 144 valence electrons. The number of benzene rings is 1. The van der Waals surface area contributed by atoms with Gasteiger partial charge in [0.1, 0.15) is 5.75 Å². The first-order valence-corrected chi connectivity index (χ1v) is 8.17. The largest absolute Gasteiger partial charge is 0.497 e. The third kappa shape index (κ3) is 6.34. The Morgan fingerprint density at radius 3 is 1.77 bits per heavy atom. The number of ether oxygens (including phenoxy) is 1. The van der Waals surface area contributed by atoms with Gasteiger partial charge in [0.05, 0.1) is 7.11 Å². The Morgan fingerprint density at radius 2 is 1.42 bits per heavy atom. The second kappa shape index (κ2) is 10.4. The molecular formula is C17H25N3O6. The van der Waals surface area contributed by atoms with E-state index >= 15 is 0 Å². The van der Waals surface area contributed by atoms with Crippen molar-refractivity contribution in [1.29, 1.82) is 0 Å². The summed E-state index contributed by atoms with van der Waals surface area (Å²) in [6.07, 6.45) is -1.15. The van der Waals surface area contributed by atoms with Gasteiger partial charge in [-0.15, -0.1) is 10.1 Å². The molecule has 0 unspecified atom stereocenters. The summed E-state index contributed by atoms with van der Waals surface area (Å²) in [5.41, 5.74) is 0.513. The van der Waals surface area contributed by atoms with Crippen molar-refractivity contribution in [3.05, 3.63) is 24.3 Å². The third-order valence-electron chi connectivity index (χ3n) is 3.25. The Bertz CT molecular complexity index is 595. The van der Waals surface area contributed by atoms with E-state index in [1.54, 1.807) is 45.2 Å². The summed E-state index contributed by atoms with van der Waals surface area (Å²) in [5.74, 6) is -1.06. The topological polar surface area (TPSA) is 97.4 Å². The fourth-order valence-corrected chi connectivity index (χ4v) is 2.19. The summed E-state index contributed by atoms with van der Waals surface area (Å²) in [7, 11) is 1.54. The van der Waals surface area contributed by atoms with E-state index in [1.165, 1.54) is 13.8 Å². The molecule has 0 aliphatic carbocycles. The Balaban J connectivity index is 3.08. The van der Waals surface area contributed by atoms with Crippen LogP contribution in [0.1, 0.15) is 27.7 Å². The minimum absolute atomic E-state index is 0.206. The molecule has 1 amide bonds. The summed E-state index contributed by atoms with van der Waals surface area (Å²) < 4.78 is 5.08. The number of carbonyl (C=O) groups excluding carboxylic acids is 3. The standard InChI is InChI=1S/C17H25N3O6/c1-6-19(25-12(3)21)17(20(7-2)26-13(4)22)16(23)18-14-8-10-15(24-5)11-9-14/h8-11,17H,6-7H2,1-5H3,(H,18,23). The van der Waals surface area contributed by atoms with Crippen LogP contribution < -0.4 is 10.1 Å². The lowest BCUT2D eigenvalue weighted by atomic mass is 10.3. The molecule has 0 saturated carbocycles. The minimum Gasteiger partial charge on any atom is -0.497 e. The molecule has 0 spiro atoms. The van der Waals surface area contributed by atoms with Crippen molar-refractivity contribution in [2.24, 2.45) is 0 Å². The number of hydroxylamine groups is 4. The van der Waals surface area contributed by atoms with Gasteiger partial charge in [-0.1, -0.05) is 0 Å². The maximum atomic E-state index is 12.8. The number of nitrogens with zero attached hydrogens (tertiary/aromatic N) is 2. The highest BCUT2D eigenvalue weighted by Crippen LogP contribution is 2.17. The third-order valence-corrected chi connectivity index (χ3v) is 3.25. The fourth-order valence-electron chi connectivity index (χ4n) is 2.19. The zero-order valence-corrected chi connectivity index (χ0v) is 15.6. The lowest BCUT2D eigenvalue weighted by Gasteiger charge is -2.34. The van der Waals surface area contributed by atoms with Crippen LogP contribution in [0.25, 0.3) is 0 Å². The van der Waals surface area contributed by atoms with Crippen molar-refractivity contribution in [3.63, 3.8) is 0 Å². The van der Waals surface area contributed by atoms with E-state index in [9.17, 15) is 14.4 Å². The SMILES string of the molecule is CCN(OC(C)=O)C(C(=O)Nc1ccc(OC)cc1)N(CC)OC(C)=O. The van der Waals surface area contributed by atoms with Gasteiger partial charge >= 0.3 is 11.9 Å². The summed E-state index contributed by atoms with van der Waals surface area (Å²) in [6.45, 7) is 6.28. The van der Waals surface area contributed by atoms with Crippen LogP contribution in [0, 0.1) is 0 Å². The number of hydrogen-bond acceptors (Lipinski definition) is 8. The van der Waals surface area contributed by atoms with Crippen molar-refractivity contribution in [1.82, 2.24) is 10.1 Å². The van der Waals surface area contributed by atoms with Gasteiger partial charge in [-0.2, -0.15) is 0 Å². The molecule has 9 nitrogen and oxygen atoms in total. The van der Waals surface area contributed by atoms with E-state index in [0.717, 1.165) is 10.1 Å². The minimum atomic E-state index is -1.15. The predicted molar refractivity (Wildman–Crippen MR) is 93.7 cm³/mol. The van der Waals surface area contributed by atoms with E-state index in [-0.39, 0.29) is 13.1 Å². The first-order chi connectivity index (χ1) is 12.3. The number of likely N-dealkylation sites (N-methyl/N-ethyl adjacent to an activating group) is 2. The first-order valence-electron chi connectivity index (χ1n) is 8.17. The summed E-state index contributed by atoms with van der Waals surface area (Å²) in [4.78, 5) is 45.8. The van der Waals surface area contributed by atoms with Crippen LogP contribution in [-0.2, 0) is 24.1 Å². The van der Waals surface area contributed by atoms with Crippen molar-refractivity contribution in [2.75, 3.05) is 25.5 Å². The molecule has 1 N–H and O–H groups in total. The maximum Gasteiger partial charge on any atom is 0.322 e. The molecular weight excluding hydrogens is 342 g/mol. The average molecular weight is 367 g/mol. The molecule has 0 aliphatic heterocycles. The van der Waals surface area contributed by atoms with Crippen molar-refractivity contribution >= 4 is 23.5 Å². The summed E-state index contributed by atoms with van der Waals surface area (Å²) in [5, 5.41) is 5.00. The van der Waals surface area contributed by atoms with Gasteiger partial charge in [0.15, 0.2) is 0 Å². The van der Waals surface area contributed by atoms with Gasteiger partial charge < -0.3 is 19.7 Å². The molecule has 26 heavy (non-hydrogen) atoms. The molecule has 1 rings (SSSR count). The van der Waals surface area contributed by atoms with Crippen molar-refractivity contribution in [2.45, 2.75) is 33.9 Å². The highest BCUT2D eigenvalue weighted by Gasteiger charge is 2.35. The monoisotopic (exact) mass is 367 g/mol. The molecule has 0 atom stereocenters. The Kier molecular flexibility index (Phi) is 8.53. The number of methoxy groups -OCH3 is 1. The molecule has 0 radical (unpaired) electrons. The summed E-state index contributed by atoms with van der Waals surface area (Å²) in [6, 6.07) is 6.71. The lowest BCUT2D eigenvalue weighted by Crippen LogP contribution is -2.55. The smallest absolute Gasteiger partial charge is 0.322 e. The second-order valence-electron chi connectivity index (χ2n) is 5.22. The molecule has 0 aromatic heterocycles. The molecule has 0 heterocycles. The molecule has 0 bridgehead atoms. The first kappa shape index (κ1) is 21.4. The van der Waals surface area contributed by atoms with Gasteiger partial charge in [0.25, 0.3) is 5.91 Å². The van der Waals surface area contributed by atoms with Crippen LogP contribution in [0.5, 0.6) is 5.75 Å². The molecule has 9 heteroatoms. The number of anilines is 1. The zero-order valence-electron chi connectivity index (χ0n) is 15.6. The van der Waals surface area contributed by atoms with Crippen molar-refractivity contribution in [3.8, 4) is 5.75 Å². The van der Waals surface area contributed by atoms with Crippen LogP contribution in [0.3, 0.4) is 0 Å². The van der Waals surface area contributed by atoms with Crippen LogP contribution in [0.15, 0.2) is 24.3 Å². The highest BCUT2D eigenvalue weighted by molar-refractivity contribution is 5.94. The van der Waals surface area contributed by atoms with Crippen LogP contribution in [0.2, 0.25) is 0 Å². The molecule has 0 fully saturated rings. The number of nitrogens with one attached hydrogen (secondary N) is 1. The zero-order chi connectivity index (χ0) is 19.7. The van der Waals surface area contributed by atoms with Gasteiger partial charge in [-0.25, -0.2) is 0 Å². The van der Waals surface area contributed by atoms with Crippen LogP contribution in [-0.4, -0.2) is 54.3 Å². The molecule has 0 saturated heterocycles. The molecule has 1 aromatic carbocycles. The van der Waals surface area contributed by atoms with Gasteiger partial charge in [-0.3, -0.25) is 14.4 Å². The van der Waals surface area contributed by atoms with E-state index in [4.69, 9.17) is 14.4 Å². The van der Waals surface area contributed by atoms with Crippen molar-refractivity contribution < 1.29 is 28.8 Å². The van der Waals surface area contributed by atoms with Crippen LogP contribution >= 0.6 is 0 Å². The summed E-state index contributed by atoms with van der Waals surface area (Å²) >= 11 is 0. The lowest BCUT2D eigenvalue weighted by molar-refractivity contribution is -0.264. The van der Waals surface area contributed by atoms with E-state index < -0.39 is 24.0 Å². The Morgan fingerprint density at radius 1 is 0.962 bits per heavy atom. The number of rotatable bonds is 9. The fraction of sp³-hybridized carbons (Fsp3) is 0.471. The molecule has 0 aliphatic rings. The van der Waals surface area contributed by atoms with E-state index in [1.807, 2.05) is 0 Å². The highest BCUT2D eigenvalue weighted by atomic mass is 16.7. The predicted octanol–water partition coefficient (Wildman–Crippen LogP) is 1.56. The van der Waals surface area contributed by atoms with Crippen LogP contribution in [0.4, 0.5) is 5.69 Å². The number of hydrogen-bond donors (Lipinski definition) is 1. The Hall–Kier alpha value is -2.65. The van der Waals surface area contributed by atoms with Gasteiger partial charge in [0.2, 0.25) is 6.17 Å². The van der Waals surface area contributed by atoms with E-state index in [2.05, 4.69) is 5.32 Å². The normalized spacial score (nSPS) is 10.8. The quantitative estimate of drug-likeness (QED) is 0.519. The molecule has 1 aromatic rings. The average Bonchev–Trinajstić information content (AvgIpc) is 2.60. The number of amides is 1. The Labute approximate surface area is 152 Å². The van der Waals surface area contributed by atoms with E-state index in [0.29, 0.717) is 11.4 Å². The maximum absolute atomic E-state index is 12.8. The van der Waals surface area contributed by atoms with Gasteiger partial charge in [-0.05, 0) is 38.1 Å². The second-order valence-corrected chi connectivity index (χ2v) is 5.22.